The Morgan fingerprint density at radius 3 is 2.54 bits per heavy atom. The first kappa shape index (κ1) is 18.2. The van der Waals surface area contributed by atoms with Crippen molar-refractivity contribution in [1.29, 1.82) is 0 Å². The molecular formula is C22H32N2O2. The molecule has 2 aliphatic carbocycles. The summed E-state index contributed by atoms with van der Waals surface area (Å²) in [6.07, 6.45) is 7.28. The fourth-order valence-corrected chi connectivity index (χ4v) is 5.05. The molecule has 2 unspecified atom stereocenters. The first-order valence-electron chi connectivity index (χ1n) is 10.1. The predicted molar refractivity (Wildman–Crippen MR) is 105 cm³/mol. The van der Waals surface area contributed by atoms with Crippen LogP contribution in [-0.4, -0.2) is 59.5 Å². The Hall–Kier alpha value is -1.20. The van der Waals surface area contributed by atoms with Crippen LogP contribution in [0.5, 0.6) is 0 Å². The third kappa shape index (κ3) is 3.61. The molecule has 3 aliphatic rings. The summed E-state index contributed by atoms with van der Waals surface area (Å²) in [5.74, 6) is 0.711. The minimum Gasteiger partial charge on any atom is -0.395 e. The van der Waals surface area contributed by atoms with E-state index in [1.807, 2.05) is 0 Å². The lowest BCUT2D eigenvalue weighted by Gasteiger charge is -2.61. The predicted octanol–water partition coefficient (Wildman–Crippen LogP) is 2.28. The average molecular weight is 357 g/mol. The zero-order chi connectivity index (χ0) is 18.1. The van der Waals surface area contributed by atoms with E-state index in [1.54, 1.807) is 5.57 Å². The van der Waals surface area contributed by atoms with E-state index < -0.39 is 0 Å². The van der Waals surface area contributed by atoms with Crippen molar-refractivity contribution in [3.8, 4) is 0 Å². The van der Waals surface area contributed by atoms with Gasteiger partial charge in [-0.05, 0) is 42.6 Å². The third-order valence-corrected chi connectivity index (χ3v) is 6.65. The molecule has 1 saturated heterocycles. The maximum absolute atomic E-state index is 9.29. The fourth-order valence-electron chi connectivity index (χ4n) is 5.05. The molecule has 1 aromatic carbocycles. The molecule has 3 N–H and O–H groups in total. The second-order valence-electron chi connectivity index (χ2n) is 8.63. The Bertz CT molecular complexity index is 627. The summed E-state index contributed by atoms with van der Waals surface area (Å²) in [4.78, 5) is 2.23. The molecule has 0 aromatic heterocycles. The van der Waals surface area contributed by atoms with Crippen LogP contribution in [0.15, 0.2) is 35.9 Å². The van der Waals surface area contributed by atoms with Gasteiger partial charge in [0.15, 0.2) is 0 Å². The first-order valence-corrected chi connectivity index (χ1v) is 10.1. The highest BCUT2D eigenvalue weighted by Crippen LogP contribution is 2.50. The van der Waals surface area contributed by atoms with Gasteiger partial charge in [0, 0.05) is 25.2 Å². The highest BCUT2D eigenvalue weighted by atomic mass is 16.3. The summed E-state index contributed by atoms with van der Waals surface area (Å²) in [5, 5.41) is 22.5. The molecule has 1 heterocycles. The van der Waals surface area contributed by atoms with E-state index in [1.165, 1.54) is 24.8 Å². The van der Waals surface area contributed by atoms with Gasteiger partial charge in [0.25, 0.3) is 0 Å². The third-order valence-electron chi connectivity index (χ3n) is 6.65. The number of hydrogen-bond acceptors (Lipinski definition) is 4. The smallest absolute Gasteiger partial charge is 0.0609 e. The van der Waals surface area contributed by atoms with E-state index in [-0.39, 0.29) is 19.3 Å². The molecule has 0 radical (unpaired) electrons. The number of nitrogens with one attached hydrogen (secondary N) is 1. The van der Waals surface area contributed by atoms with Gasteiger partial charge in [-0.2, -0.15) is 0 Å². The van der Waals surface area contributed by atoms with Gasteiger partial charge < -0.3 is 15.5 Å². The van der Waals surface area contributed by atoms with Crippen LogP contribution in [0.25, 0.3) is 6.08 Å². The number of hydrogen-bond donors (Lipinski definition) is 3. The van der Waals surface area contributed by atoms with Crippen LogP contribution in [0.3, 0.4) is 0 Å². The largest absolute Gasteiger partial charge is 0.395 e. The van der Waals surface area contributed by atoms with Crippen molar-refractivity contribution in [2.24, 2.45) is 11.3 Å². The topological polar surface area (TPSA) is 55.7 Å². The minimum absolute atomic E-state index is 0.0596. The van der Waals surface area contributed by atoms with Gasteiger partial charge in [-0.15, -0.1) is 0 Å². The van der Waals surface area contributed by atoms with Gasteiger partial charge in [-0.3, -0.25) is 4.90 Å². The molecule has 0 amide bonds. The van der Waals surface area contributed by atoms with Gasteiger partial charge >= 0.3 is 0 Å². The van der Waals surface area contributed by atoms with Crippen molar-refractivity contribution < 1.29 is 10.2 Å². The quantitative estimate of drug-likeness (QED) is 0.669. The van der Waals surface area contributed by atoms with Crippen LogP contribution in [0.4, 0.5) is 0 Å². The van der Waals surface area contributed by atoms with E-state index in [2.05, 4.69) is 53.5 Å². The number of nitrogens with zero attached hydrogens (tertiary/aromatic N) is 1. The number of rotatable bonds is 8. The second-order valence-corrected chi connectivity index (χ2v) is 8.63. The summed E-state index contributed by atoms with van der Waals surface area (Å²) in [6.45, 7) is 4.47. The summed E-state index contributed by atoms with van der Waals surface area (Å²) >= 11 is 0. The van der Waals surface area contributed by atoms with Crippen LogP contribution in [0.1, 0.15) is 38.2 Å². The maximum atomic E-state index is 9.29. The molecule has 4 rings (SSSR count). The Kier molecular flexibility index (Phi) is 5.20. The molecule has 2 saturated carbocycles. The standard InChI is InChI=1S/C22H32N2O2/c1-2-17(8-16-6-4-3-5-7-16)20-9-21(20)23-18-10-22(11-18)14-24(15-22)19(12-25)13-26/h3-8,18-21,23,25-26H,2,9-15H2,1H3/b17-8+. The van der Waals surface area contributed by atoms with Crippen molar-refractivity contribution in [3.05, 3.63) is 41.5 Å². The molecule has 0 bridgehead atoms. The highest BCUT2D eigenvalue weighted by molar-refractivity contribution is 5.54. The number of aliphatic hydroxyl groups is 2. The van der Waals surface area contributed by atoms with Crippen LogP contribution < -0.4 is 5.32 Å². The summed E-state index contributed by atoms with van der Waals surface area (Å²) in [6, 6.07) is 11.9. The number of aliphatic hydroxyl groups excluding tert-OH is 2. The minimum atomic E-state index is -0.0596. The Morgan fingerprint density at radius 2 is 1.92 bits per heavy atom. The monoisotopic (exact) mass is 356 g/mol. The molecule has 142 valence electrons. The van der Waals surface area contributed by atoms with Gasteiger partial charge in [0.05, 0.1) is 19.3 Å². The van der Waals surface area contributed by atoms with Gasteiger partial charge in [0.2, 0.25) is 0 Å². The van der Waals surface area contributed by atoms with Crippen molar-refractivity contribution in [2.75, 3.05) is 26.3 Å². The zero-order valence-electron chi connectivity index (χ0n) is 15.8. The normalized spacial score (nSPS) is 28.2. The van der Waals surface area contributed by atoms with Crippen molar-refractivity contribution in [1.82, 2.24) is 10.2 Å². The molecule has 4 nitrogen and oxygen atoms in total. The molecule has 3 fully saturated rings. The molecule has 2 atom stereocenters. The van der Waals surface area contributed by atoms with Gasteiger partial charge in [-0.1, -0.05) is 48.9 Å². The summed E-state index contributed by atoms with van der Waals surface area (Å²) in [5.41, 5.74) is 3.35. The molecular weight excluding hydrogens is 324 g/mol. The first-order chi connectivity index (χ1) is 12.7. The van der Waals surface area contributed by atoms with E-state index in [0.29, 0.717) is 23.4 Å². The van der Waals surface area contributed by atoms with E-state index in [9.17, 15) is 10.2 Å². The highest BCUT2D eigenvalue weighted by Gasteiger charge is 2.54. The van der Waals surface area contributed by atoms with Crippen molar-refractivity contribution in [2.45, 2.75) is 50.7 Å². The summed E-state index contributed by atoms with van der Waals surface area (Å²) in [7, 11) is 0. The van der Waals surface area contributed by atoms with Crippen LogP contribution >= 0.6 is 0 Å². The van der Waals surface area contributed by atoms with E-state index in [0.717, 1.165) is 19.5 Å². The molecule has 26 heavy (non-hydrogen) atoms. The summed E-state index contributed by atoms with van der Waals surface area (Å²) < 4.78 is 0. The van der Waals surface area contributed by atoms with Crippen LogP contribution in [0, 0.1) is 11.3 Å². The van der Waals surface area contributed by atoms with Crippen molar-refractivity contribution in [3.63, 3.8) is 0 Å². The zero-order valence-corrected chi connectivity index (χ0v) is 15.8. The van der Waals surface area contributed by atoms with Crippen molar-refractivity contribution >= 4 is 6.08 Å². The molecule has 4 heteroatoms. The number of benzene rings is 1. The molecule has 1 aliphatic heterocycles. The lowest BCUT2D eigenvalue weighted by atomic mass is 9.60. The van der Waals surface area contributed by atoms with Crippen LogP contribution in [0.2, 0.25) is 0 Å². The van der Waals surface area contributed by atoms with Gasteiger partial charge in [-0.25, -0.2) is 0 Å². The van der Waals surface area contributed by atoms with Crippen LogP contribution in [-0.2, 0) is 0 Å². The lowest BCUT2D eigenvalue weighted by Crippen LogP contribution is -2.69. The molecule has 1 spiro atoms. The Labute approximate surface area is 156 Å². The Morgan fingerprint density at radius 1 is 1.23 bits per heavy atom. The molecule has 1 aromatic rings. The Balaban J connectivity index is 1.23. The van der Waals surface area contributed by atoms with E-state index in [4.69, 9.17) is 0 Å². The number of likely N-dealkylation sites (tertiary alicyclic amines) is 1. The fraction of sp³-hybridized carbons (Fsp3) is 0.636. The van der Waals surface area contributed by atoms with E-state index >= 15 is 0 Å². The maximum Gasteiger partial charge on any atom is 0.0609 e. The average Bonchev–Trinajstić information content (AvgIpc) is 3.36. The second kappa shape index (κ2) is 7.43. The lowest BCUT2D eigenvalue weighted by molar-refractivity contribution is -0.115. The van der Waals surface area contributed by atoms with Gasteiger partial charge in [0.1, 0.15) is 0 Å². The SMILES string of the molecule is CC/C(=C\c1ccccc1)C1CC1NC1CC2(C1)CN(C(CO)CO)C2.